The fraction of sp³-hybridized carbons (Fsp3) is 0.167. The number of rotatable bonds is 4. The van der Waals surface area contributed by atoms with Crippen molar-refractivity contribution in [1.29, 1.82) is 0 Å². The summed E-state index contributed by atoms with van der Waals surface area (Å²) >= 11 is 0. The Morgan fingerprint density at radius 1 is 0.966 bits per heavy atom. The van der Waals surface area contributed by atoms with Gasteiger partial charge in [-0.2, -0.15) is 0 Å². The van der Waals surface area contributed by atoms with Gasteiger partial charge in [-0.15, -0.1) is 0 Å². The predicted octanol–water partition coefficient (Wildman–Crippen LogP) is 3.77. The molecule has 0 saturated carbocycles. The number of aliphatic hydroxyl groups excluding tert-OH is 1. The first-order chi connectivity index (χ1) is 14.3. The van der Waals surface area contributed by atoms with Gasteiger partial charge in [-0.05, 0) is 22.4 Å². The molecular formula is C24H22N3O2+. The molecule has 1 aliphatic rings. The van der Waals surface area contributed by atoms with Gasteiger partial charge in [0, 0.05) is 18.6 Å². The zero-order valence-electron chi connectivity index (χ0n) is 16.0. The van der Waals surface area contributed by atoms with Crippen LogP contribution in [0.25, 0.3) is 10.8 Å². The summed E-state index contributed by atoms with van der Waals surface area (Å²) in [5, 5.41) is 11.5. The molecule has 1 aromatic heterocycles. The van der Waals surface area contributed by atoms with Crippen LogP contribution in [0.3, 0.4) is 0 Å². The zero-order chi connectivity index (χ0) is 19.8. The van der Waals surface area contributed by atoms with Crippen molar-refractivity contribution in [3.05, 3.63) is 89.7 Å². The number of nitrogens with two attached hydrogens (primary N) is 1. The summed E-state index contributed by atoms with van der Waals surface area (Å²) in [5.74, 6) is 1.88. The minimum absolute atomic E-state index is 0.0878. The second-order valence-corrected chi connectivity index (χ2v) is 7.26. The van der Waals surface area contributed by atoms with Crippen LogP contribution in [-0.2, 0) is 6.54 Å². The molecule has 0 fully saturated rings. The Bertz CT molecular complexity index is 1190. The Morgan fingerprint density at radius 3 is 2.59 bits per heavy atom. The molecule has 0 aliphatic carbocycles. The third-order valence-electron chi connectivity index (χ3n) is 5.53. The van der Waals surface area contributed by atoms with Crippen LogP contribution in [0.4, 0.5) is 5.82 Å². The van der Waals surface area contributed by atoms with E-state index in [1.807, 2.05) is 41.0 Å². The molecule has 2 heterocycles. The van der Waals surface area contributed by atoms with Gasteiger partial charge in [0.05, 0.1) is 12.5 Å². The van der Waals surface area contributed by atoms with Gasteiger partial charge >= 0.3 is 5.88 Å². The van der Waals surface area contributed by atoms with Crippen LogP contribution in [0.15, 0.2) is 73.1 Å². The van der Waals surface area contributed by atoms with E-state index in [4.69, 9.17) is 10.5 Å². The average molecular weight is 384 g/mol. The van der Waals surface area contributed by atoms with E-state index >= 15 is 0 Å². The maximum absolute atomic E-state index is 9.24. The van der Waals surface area contributed by atoms with Gasteiger partial charge in [-0.1, -0.05) is 65.6 Å². The number of aliphatic hydroxyl groups is 1. The van der Waals surface area contributed by atoms with E-state index in [0.717, 1.165) is 33.2 Å². The van der Waals surface area contributed by atoms with Crippen molar-refractivity contribution in [3.63, 3.8) is 0 Å². The Balaban J connectivity index is 1.80. The first-order valence-electron chi connectivity index (χ1n) is 9.81. The van der Waals surface area contributed by atoms with Gasteiger partial charge in [0.15, 0.2) is 0 Å². The highest BCUT2D eigenvalue weighted by atomic mass is 16.5. The summed E-state index contributed by atoms with van der Waals surface area (Å²) in [6.45, 7) is 0.710. The lowest BCUT2D eigenvalue weighted by Gasteiger charge is -2.28. The maximum atomic E-state index is 9.24. The minimum atomic E-state index is -0.0878. The fourth-order valence-corrected chi connectivity index (χ4v) is 4.18. The smallest absolute Gasteiger partial charge is 0.306 e. The minimum Gasteiger partial charge on any atom is -0.426 e. The van der Waals surface area contributed by atoms with Crippen LogP contribution in [0.2, 0.25) is 0 Å². The van der Waals surface area contributed by atoms with E-state index in [9.17, 15) is 5.11 Å². The number of nitrogens with zero attached hydrogens (tertiary/aromatic N) is 2. The van der Waals surface area contributed by atoms with Crippen molar-refractivity contribution in [2.45, 2.75) is 18.9 Å². The first-order valence-corrected chi connectivity index (χ1v) is 9.81. The van der Waals surface area contributed by atoms with Gasteiger partial charge < -0.3 is 15.6 Å². The summed E-state index contributed by atoms with van der Waals surface area (Å²) in [5.41, 5.74) is 9.76. The summed E-state index contributed by atoms with van der Waals surface area (Å²) in [4.78, 5) is 4.57. The molecule has 0 unspecified atom stereocenters. The molecule has 1 aliphatic heterocycles. The molecule has 144 valence electrons. The van der Waals surface area contributed by atoms with Crippen LogP contribution >= 0.6 is 0 Å². The highest BCUT2D eigenvalue weighted by Crippen LogP contribution is 2.50. The van der Waals surface area contributed by atoms with Crippen molar-refractivity contribution in [1.82, 2.24) is 4.98 Å². The van der Waals surface area contributed by atoms with E-state index in [-0.39, 0.29) is 12.5 Å². The number of hydrogen-bond acceptors (Lipinski definition) is 4. The second-order valence-electron chi connectivity index (χ2n) is 7.26. The third kappa shape index (κ3) is 2.91. The number of aryl methyl sites for hydroxylation is 1. The molecule has 0 spiro atoms. The predicted molar refractivity (Wildman–Crippen MR) is 112 cm³/mol. The lowest BCUT2D eigenvalue weighted by molar-refractivity contribution is -0.686. The zero-order valence-corrected chi connectivity index (χ0v) is 16.0. The van der Waals surface area contributed by atoms with E-state index in [1.54, 1.807) is 6.33 Å². The van der Waals surface area contributed by atoms with Gasteiger partial charge in [0.25, 0.3) is 0 Å². The summed E-state index contributed by atoms with van der Waals surface area (Å²) in [7, 11) is 0. The highest BCUT2D eigenvalue weighted by Gasteiger charge is 2.37. The highest BCUT2D eigenvalue weighted by molar-refractivity contribution is 5.90. The SMILES string of the molecule is Nc1c2c(nc[n+]1CCCO)Oc1ccc3ccccc3c1[C@@H]2c1ccccc1. The molecular weight excluding hydrogens is 362 g/mol. The number of nitrogen functional groups attached to an aromatic ring is 1. The number of hydrogen-bond donors (Lipinski definition) is 2. The quantitative estimate of drug-likeness (QED) is 0.463. The maximum Gasteiger partial charge on any atom is 0.306 e. The van der Waals surface area contributed by atoms with Crippen LogP contribution in [-0.4, -0.2) is 16.7 Å². The molecule has 4 aromatic rings. The Labute approximate surface area is 169 Å². The molecule has 3 N–H and O–H groups in total. The van der Waals surface area contributed by atoms with Crippen molar-refractivity contribution in [2.75, 3.05) is 12.3 Å². The molecule has 0 bridgehead atoms. The van der Waals surface area contributed by atoms with Crippen LogP contribution in [0, 0.1) is 0 Å². The molecule has 1 atom stereocenters. The number of ether oxygens (including phenoxy) is 1. The Hall–Kier alpha value is -3.44. The van der Waals surface area contributed by atoms with Gasteiger partial charge in [0.1, 0.15) is 11.3 Å². The normalized spacial score (nSPS) is 14.9. The van der Waals surface area contributed by atoms with E-state index in [1.165, 1.54) is 0 Å². The molecule has 5 nitrogen and oxygen atoms in total. The molecule has 5 heteroatoms. The monoisotopic (exact) mass is 384 g/mol. The van der Waals surface area contributed by atoms with Crippen molar-refractivity contribution >= 4 is 16.6 Å². The van der Waals surface area contributed by atoms with Gasteiger partial charge in [0.2, 0.25) is 12.1 Å². The summed E-state index contributed by atoms with van der Waals surface area (Å²) in [6.07, 6.45) is 2.31. The standard InChI is InChI=1S/C24H21N3O2/c25-23-22-20(17-8-2-1-3-9-17)21-18-10-5-4-7-16(18)11-12-19(21)29-24(22)26-15-27(23)13-6-14-28/h1-5,7-12,15,20,25,28H,6,13-14H2/p+1/t20-/m0/s1. The fourth-order valence-electron chi connectivity index (χ4n) is 4.18. The van der Waals surface area contributed by atoms with Gasteiger partial charge in [-0.3, -0.25) is 0 Å². The first kappa shape index (κ1) is 17.6. The van der Waals surface area contributed by atoms with Crippen molar-refractivity contribution in [3.8, 4) is 11.6 Å². The van der Waals surface area contributed by atoms with Crippen molar-refractivity contribution < 1.29 is 14.4 Å². The lowest BCUT2D eigenvalue weighted by Crippen LogP contribution is -2.40. The largest absolute Gasteiger partial charge is 0.426 e. The van der Waals surface area contributed by atoms with Gasteiger partial charge in [-0.25, -0.2) is 4.57 Å². The number of anilines is 1. The third-order valence-corrected chi connectivity index (χ3v) is 5.53. The number of benzene rings is 3. The Morgan fingerprint density at radius 2 is 1.76 bits per heavy atom. The topological polar surface area (TPSA) is 72.2 Å². The second kappa shape index (κ2) is 7.18. The average Bonchev–Trinajstić information content (AvgIpc) is 2.78. The van der Waals surface area contributed by atoms with Crippen molar-refractivity contribution in [2.24, 2.45) is 0 Å². The lowest BCUT2D eigenvalue weighted by atomic mass is 9.81. The van der Waals surface area contributed by atoms with Crippen LogP contribution in [0.1, 0.15) is 29.0 Å². The summed E-state index contributed by atoms with van der Waals surface area (Å²) in [6, 6.07) is 22.8. The molecule has 29 heavy (non-hydrogen) atoms. The summed E-state index contributed by atoms with van der Waals surface area (Å²) < 4.78 is 8.12. The molecule has 0 radical (unpaired) electrons. The molecule has 3 aromatic carbocycles. The van der Waals surface area contributed by atoms with E-state index in [2.05, 4.69) is 35.3 Å². The van der Waals surface area contributed by atoms with Crippen LogP contribution < -0.4 is 15.0 Å². The number of aromatic nitrogens is 2. The van der Waals surface area contributed by atoms with Crippen LogP contribution in [0.5, 0.6) is 11.6 Å². The van der Waals surface area contributed by atoms with E-state index < -0.39 is 0 Å². The molecule has 0 saturated heterocycles. The van der Waals surface area contributed by atoms with E-state index in [0.29, 0.717) is 24.7 Å². The Kier molecular flexibility index (Phi) is 4.37. The number of fused-ring (bicyclic) bond motifs is 4. The molecule has 5 rings (SSSR count). The molecule has 0 amide bonds.